The Morgan fingerprint density at radius 3 is 2.74 bits per heavy atom. The molecule has 1 aromatic carbocycles. The number of carbonyl (C=O) groups is 1. The van der Waals surface area contributed by atoms with Crippen molar-refractivity contribution in [3.8, 4) is 0 Å². The number of nitrogens with one attached hydrogen (secondary N) is 1. The zero-order chi connectivity index (χ0) is 13.8. The third-order valence-corrected chi connectivity index (χ3v) is 4.61. The summed E-state index contributed by atoms with van der Waals surface area (Å²) in [6, 6.07) is 5.24. The molecule has 1 aliphatic rings. The number of amides is 1. The summed E-state index contributed by atoms with van der Waals surface area (Å²) in [6.07, 6.45) is 4.79. The minimum atomic E-state index is -0.0918. The van der Waals surface area contributed by atoms with Crippen molar-refractivity contribution in [1.82, 2.24) is 5.32 Å². The van der Waals surface area contributed by atoms with Crippen LogP contribution >= 0.6 is 27.5 Å². The van der Waals surface area contributed by atoms with Gasteiger partial charge in [-0.1, -0.05) is 24.4 Å². The number of hydrogen-bond acceptors (Lipinski definition) is 2. The largest absolute Gasteiger partial charge is 0.348 e. The van der Waals surface area contributed by atoms with Crippen molar-refractivity contribution in [2.75, 3.05) is 6.54 Å². The van der Waals surface area contributed by atoms with Gasteiger partial charge in [0.15, 0.2) is 0 Å². The van der Waals surface area contributed by atoms with Gasteiger partial charge in [0.25, 0.3) is 5.91 Å². The van der Waals surface area contributed by atoms with Crippen LogP contribution in [0.2, 0.25) is 5.02 Å². The smallest absolute Gasteiger partial charge is 0.252 e. The van der Waals surface area contributed by atoms with Gasteiger partial charge in [-0.25, -0.2) is 0 Å². The Hall–Kier alpha value is -0.580. The molecule has 1 unspecified atom stereocenters. The minimum Gasteiger partial charge on any atom is -0.348 e. The second-order valence-corrected chi connectivity index (χ2v) is 6.28. The fourth-order valence-electron chi connectivity index (χ4n) is 2.65. The Bertz CT molecular complexity index is 461. The molecule has 0 aliphatic heterocycles. The Balaban J connectivity index is 2.06. The fourth-order valence-corrected chi connectivity index (χ4v) is 3.51. The van der Waals surface area contributed by atoms with E-state index >= 15 is 0 Å². The lowest BCUT2D eigenvalue weighted by Crippen LogP contribution is -2.44. The molecular weight excluding hydrogens is 328 g/mol. The van der Waals surface area contributed by atoms with Crippen LogP contribution < -0.4 is 11.1 Å². The van der Waals surface area contributed by atoms with E-state index in [1.807, 2.05) is 0 Å². The Morgan fingerprint density at radius 2 is 2.16 bits per heavy atom. The molecule has 1 atom stereocenters. The second-order valence-electron chi connectivity index (χ2n) is 4.98. The van der Waals surface area contributed by atoms with Gasteiger partial charge in [-0.15, -0.1) is 0 Å². The molecule has 1 aromatic rings. The van der Waals surface area contributed by atoms with E-state index in [0.29, 0.717) is 27.5 Å². The van der Waals surface area contributed by atoms with Gasteiger partial charge in [0.2, 0.25) is 0 Å². The fraction of sp³-hybridized carbons (Fsp3) is 0.500. The van der Waals surface area contributed by atoms with E-state index < -0.39 is 0 Å². The molecule has 5 heteroatoms. The molecule has 0 radical (unpaired) electrons. The van der Waals surface area contributed by atoms with Crippen molar-refractivity contribution in [2.45, 2.75) is 31.7 Å². The molecule has 1 aliphatic carbocycles. The first-order valence-electron chi connectivity index (χ1n) is 6.58. The highest BCUT2D eigenvalue weighted by Crippen LogP contribution is 2.28. The topological polar surface area (TPSA) is 55.1 Å². The average Bonchev–Trinajstić information content (AvgIpc) is 2.89. The quantitative estimate of drug-likeness (QED) is 0.879. The molecule has 0 saturated heterocycles. The second kappa shape index (κ2) is 6.73. The Morgan fingerprint density at radius 1 is 1.47 bits per heavy atom. The summed E-state index contributed by atoms with van der Waals surface area (Å²) in [5.74, 6) is 0.422. The molecule has 1 fully saturated rings. The number of hydrogen-bond donors (Lipinski definition) is 2. The normalized spacial score (nSPS) is 17.4. The van der Waals surface area contributed by atoms with Gasteiger partial charge in [0.1, 0.15) is 0 Å². The number of carbonyl (C=O) groups excluding carboxylic acids is 1. The molecule has 2 rings (SSSR count). The first kappa shape index (κ1) is 14.8. The van der Waals surface area contributed by atoms with Gasteiger partial charge >= 0.3 is 0 Å². The molecule has 0 bridgehead atoms. The van der Waals surface area contributed by atoms with E-state index in [1.165, 1.54) is 12.8 Å². The predicted molar refractivity (Wildman–Crippen MR) is 81.4 cm³/mol. The molecule has 19 heavy (non-hydrogen) atoms. The number of rotatable bonds is 4. The van der Waals surface area contributed by atoms with Crippen LogP contribution in [0.5, 0.6) is 0 Å². The van der Waals surface area contributed by atoms with Crippen LogP contribution in [0.1, 0.15) is 36.0 Å². The predicted octanol–water partition coefficient (Wildman–Crippen LogP) is 3.35. The maximum absolute atomic E-state index is 12.3. The van der Waals surface area contributed by atoms with Gasteiger partial charge in [-0.05, 0) is 52.9 Å². The maximum Gasteiger partial charge on any atom is 0.252 e. The molecule has 3 nitrogen and oxygen atoms in total. The SMILES string of the molecule is NCC(NC(=O)c1ccc(Cl)cc1Br)C1CCCC1. The Kier molecular flexibility index (Phi) is 5.25. The van der Waals surface area contributed by atoms with Gasteiger partial charge in [-0.2, -0.15) is 0 Å². The van der Waals surface area contributed by atoms with Crippen LogP contribution in [0.4, 0.5) is 0 Å². The lowest BCUT2D eigenvalue weighted by molar-refractivity contribution is 0.0923. The lowest BCUT2D eigenvalue weighted by atomic mass is 9.98. The molecule has 0 aromatic heterocycles. The van der Waals surface area contributed by atoms with Gasteiger partial charge in [-0.3, -0.25) is 4.79 Å². The summed E-state index contributed by atoms with van der Waals surface area (Å²) in [7, 11) is 0. The summed E-state index contributed by atoms with van der Waals surface area (Å²) in [5, 5.41) is 3.65. The zero-order valence-electron chi connectivity index (χ0n) is 10.7. The van der Waals surface area contributed by atoms with Gasteiger partial charge in [0.05, 0.1) is 5.56 Å². The van der Waals surface area contributed by atoms with Gasteiger partial charge in [0, 0.05) is 22.1 Å². The Labute approximate surface area is 127 Å². The van der Waals surface area contributed by atoms with E-state index in [0.717, 1.165) is 12.8 Å². The van der Waals surface area contributed by atoms with E-state index in [1.54, 1.807) is 18.2 Å². The summed E-state index contributed by atoms with van der Waals surface area (Å²) >= 11 is 9.24. The third-order valence-electron chi connectivity index (χ3n) is 3.72. The highest BCUT2D eigenvalue weighted by Gasteiger charge is 2.26. The van der Waals surface area contributed by atoms with Crippen LogP contribution in [0.15, 0.2) is 22.7 Å². The molecule has 1 amide bonds. The van der Waals surface area contributed by atoms with Crippen molar-refractivity contribution >= 4 is 33.4 Å². The van der Waals surface area contributed by atoms with Crippen molar-refractivity contribution < 1.29 is 4.79 Å². The summed E-state index contributed by atoms with van der Waals surface area (Å²) in [4.78, 5) is 12.3. The summed E-state index contributed by atoms with van der Waals surface area (Å²) in [5.41, 5.74) is 6.39. The maximum atomic E-state index is 12.3. The highest BCUT2D eigenvalue weighted by atomic mass is 79.9. The lowest BCUT2D eigenvalue weighted by Gasteiger charge is -2.23. The minimum absolute atomic E-state index is 0.0672. The van der Waals surface area contributed by atoms with Gasteiger partial charge < -0.3 is 11.1 Å². The molecule has 3 N–H and O–H groups in total. The summed E-state index contributed by atoms with van der Waals surface area (Å²) in [6.45, 7) is 0.488. The molecule has 1 saturated carbocycles. The molecule has 104 valence electrons. The molecular formula is C14H18BrClN2O. The van der Waals surface area contributed by atoms with E-state index in [-0.39, 0.29) is 11.9 Å². The van der Waals surface area contributed by atoms with E-state index in [2.05, 4.69) is 21.2 Å². The van der Waals surface area contributed by atoms with Crippen LogP contribution in [-0.2, 0) is 0 Å². The van der Waals surface area contributed by atoms with E-state index in [9.17, 15) is 4.79 Å². The van der Waals surface area contributed by atoms with Crippen LogP contribution in [0.25, 0.3) is 0 Å². The van der Waals surface area contributed by atoms with Crippen LogP contribution in [0.3, 0.4) is 0 Å². The number of halogens is 2. The van der Waals surface area contributed by atoms with E-state index in [4.69, 9.17) is 17.3 Å². The standard InChI is InChI=1S/C14H18BrClN2O/c15-12-7-10(16)5-6-11(12)14(19)18-13(8-17)9-3-1-2-4-9/h5-7,9,13H,1-4,8,17H2,(H,18,19). The van der Waals surface area contributed by atoms with Crippen LogP contribution in [-0.4, -0.2) is 18.5 Å². The first-order chi connectivity index (χ1) is 9.11. The van der Waals surface area contributed by atoms with Crippen molar-refractivity contribution in [3.05, 3.63) is 33.3 Å². The van der Waals surface area contributed by atoms with Crippen LogP contribution in [0, 0.1) is 5.92 Å². The van der Waals surface area contributed by atoms with Crippen molar-refractivity contribution in [3.63, 3.8) is 0 Å². The number of benzene rings is 1. The average molecular weight is 346 g/mol. The third kappa shape index (κ3) is 3.71. The summed E-state index contributed by atoms with van der Waals surface area (Å²) < 4.78 is 0.708. The molecule has 0 spiro atoms. The van der Waals surface area contributed by atoms with Crippen molar-refractivity contribution in [1.29, 1.82) is 0 Å². The first-order valence-corrected chi connectivity index (χ1v) is 7.75. The highest BCUT2D eigenvalue weighted by molar-refractivity contribution is 9.10. The van der Waals surface area contributed by atoms with Crippen molar-refractivity contribution in [2.24, 2.45) is 11.7 Å². The monoisotopic (exact) mass is 344 g/mol. The number of nitrogens with two attached hydrogens (primary N) is 1. The molecule has 0 heterocycles. The zero-order valence-corrected chi connectivity index (χ0v) is 13.0.